The average molecular weight is 723 g/mol. The van der Waals surface area contributed by atoms with Crippen LogP contribution in [-0.2, 0) is 4.79 Å². The van der Waals surface area contributed by atoms with Gasteiger partial charge in [-0.15, -0.1) is 0 Å². The van der Waals surface area contributed by atoms with E-state index in [1.807, 2.05) is 41.3 Å². The summed E-state index contributed by atoms with van der Waals surface area (Å²) in [6.45, 7) is 6.81. The number of ether oxygens (including phenoxy) is 1. The van der Waals surface area contributed by atoms with E-state index in [0.29, 0.717) is 67.1 Å². The molecular formula is C41H47FN6O5. The second-order valence-electron chi connectivity index (χ2n) is 14.6. The van der Waals surface area contributed by atoms with E-state index in [0.717, 1.165) is 56.3 Å². The number of fused-ring (bicyclic) bond motifs is 5. The lowest BCUT2D eigenvalue weighted by Gasteiger charge is -2.29. The summed E-state index contributed by atoms with van der Waals surface area (Å²) >= 11 is 0. The van der Waals surface area contributed by atoms with E-state index in [-0.39, 0.29) is 41.8 Å². The van der Waals surface area contributed by atoms with Crippen molar-refractivity contribution in [2.24, 2.45) is 0 Å². The number of likely N-dealkylation sites (tertiary alicyclic amines) is 2. The Hall–Kier alpha value is -4.94. The monoisotopic (exact) mass is 722 g/mol. The number of piperidine rings is 1. The fraction of sp³-hybridized carbons (Fsp3) is 0.439. The van der Waals surface area contributed by atoms with Gasteiger partial charge in [0.2, 0.25) is 11.3 Å². The van der Waals surface area contributed by atoms with Crippen molar-refractivity contribution in [2.75, 3.05) is 63.8 Å². The number of carbonyl (C=O) groups excluding carboxylic acids is 2. The molecule has 0 spiro atoms. The number of pyridine rings is 1. The molecule has 2 aromatic heterocycles. The van der Waals surface area contributed by atoms with Crippen LogP contribution >= 0.6 is 0 Å². The molecule has 53 heavy (non-hydrogen) atoms. The van der Waals surface area contributed by atoms with Crippen molar-refractivity contribution in [3.05, 3.63) is 70.3 Å². The van der Waals surface area contributed by atoms with Crippen LogP contribution in [0.1, 0.15) is 62.7 Å². The first-order valence-corrected chi connectivity index (χ1v) is 18.7. The summed E-state index contributed by atoms with van der Waals surface area (Å²) in [6.07, 6.45) is 8.52. The number of hydrogen-bond donors (Lipinski definition) is 2. The lowest BCUT2D eigenvalue weighted by molar-refractivity contribution is -0.122. The second kappa shape index (κ2) is 14.5. The Morgan fingerprint density at radius 2 is 1.62 bits per heavy atom. The van der Waals surface area contributed by atoms with Crippen molar-refractivity contribution >= 4 is 50.3 Å². The molecule has 3 saturated heterocycles. The molecule has 12 heteroatoms. The number of nitrogens with one attached hydrogen (secondary N) is 2. The molecule has 0 bridgehead atoms. The largest absolute Gasteiger partial charge is 0.456 e. The van der Waals surface area contributed by atoms with Crippen LogP contribution in [0.5, 0.6) is 11.5 Å². The maximum absolute atomic E-state index is 16.5. The fourth-order valence-corrected chi connectivity index (χ4v) is 8.53. The van der Waals surface area contributed by atoms with Gasteiger partial charge in [0, 0.05) is 68.2 Å². The van der Waals surface area contributed by atoms with Gasteiger partial charge >= 0.3 is 0 Å². The normalized spacial score (nSPS) is 18.7. The number of nitrogens with zero attached hydrogens (tertiary/aromatic N) is 4. The van der Waals surface area contributed by atoms with E-state index in [1.54, 1.807) is 10.8 Å². The quantitative estimate of drug-likeness (QED) is 0.183. The van der Waals surface area contributed by atoms with Crippen molar-refractivity contribution in [3.63, 3.8) is 0 Å². The van der Waals surface area contributed by atoms with Crippen LogP contribution in [0.2, 0.25) is 0 Å². The molecule has 2 amide bonds. The number of amides is 2. The van der Waals surface area contributed by atoms with Gasteiger partial charge in [-0.3, -0.25) is 14.4 Å². The van der Waals surface area contributed by atoms with Gasteiger partial charge in [0.25, 0.3) is 5.91 Å². The summed E-state index contributed by atoms with van der Waals surface area (Å²) < 4.78 is 31.1. The summed E-state index contributed by atoms with van der Waals surface area (Å²) in [7, 11) is 0. The highest BCUT2D eigenvalue weighted by Gasteiger charge is 2.34. The van der Waals surface area contributed by atoms with E-state index in [1.165, 1.54) is 25.3 Å². The molecular weight excluding hydrogens is 675 g/mol. The van der Waals surface area contributed by atoms with Crippen molar-refractivity contribution in [2.45, 2.75) is 58.4 Å². The molecule has 1 atom stereocenters. The van der Waals surface area contributed by atoms with Gasteiger partial charge in [0.15, 0.2) is 17.3 Å². The van der Waals surface area contributed by atoms with E-state index < -0.39 is 17.2 Å². The Kier molecular flexibility index (Phi) is 9.59. The molecule has 278 valence electrons. The van der Waals surface area contributed by atoms with Crippen molar-refractivity contribution in [1.82, 2.24) is 25.0 Å². The predicted octanol–water partition coefficient (Wildman–Crippen LogP) is 6.17. The molecule has 9 rings (SSSR count). The van der Waals surface area contributed by atoms with Crippen molar-refractivity contribution in [1.29, 1.82) is 0 Å². The molecule has 4 aliphatic rings. The van der Waals surface area contributed by atoms with Crippen LogP contribution in [0.3, 0.4) is 0 Å². The maximum atomic E-state index is 16.5. The summed E-state index contributed by atoms with van der Waals surface area (Å²) in [6, 6.07) is 12.5. The van der Waals surface area contributed by atoms with Crippen LogP contribution < -0.4 is 25.7 Å². The summed E-state index contributed by atoms with van der Waals surface area (Å²) in [5.74, 6) is -0.458. The maximum Gasteiger partial charge on any atom is 0.256 e. The summed E-state index contributed by atoms with van der Waals surface area (Å²) in [5.41, 5.74) is 1.90. The number of furan rings is 1. The Bertz CT molecular complexity index is 2270. The average Bonchev–Trinajstić information content (AvgIpc) is 3.92. The third kappa shape index (κ3) is 6.52. The number of rotatable bonds is 9. The van der Waals surface area contributed by atoms with E-state index in [9.17, 15) is 14.4 Å². The fourth-order valence-electron chi connectivity index (χ4n) is 8.53. The zero-order valence-corrected chi connectivity index (χ0v) is 29.2. The Morgan fingerprint density at radius 3 is 2.43 bits per heavy atom. The topological polar surface area (TPSA) is 112 Å². The second-order valence-corrected chi connectivity index (χ2v) is 14.6. The first-order valence-electron chi connectivity index (χ1n) is 18.7. The number of anilines is 1. The third-order valence-corrected chi connectivity index (χ3v) is 11.2. The number of para-hydroxylation sites is 1. The first kappa shape index (κ1) is 35.1. The number of carbonyl (C=O) groups is 2. The number of hydrogen-bond acceptors (Lipinski definition) is 8. The number of benzene rings is 3. The van der Waals surface area contributed by atoms with Gasteiger partial charge in [-0.25, -0.2) is 4.39 Å². The highest BCUT2D eigenvalue weighted by Crippen LogP contribution is 2.49. The molecule has 0 radical (unpaired) electrons. The molecule has 3 fully saturated rings. The van der Waals surface area contributed by atoms with Crippen LogP contribution in [0.15, 0.2) is 57.9 Å². The Labute approximate surface area is 307 Å². The molecule has 0 saturated carbocycles. The van der Waals surface area contributed by atoms with Crippen LogP contribution in [0.4, 0.5) is 10.1 Å². The molecule has 5 aromatic rings. The smallest absolute Gasteiger partial charge is 0.256 e. The first-order chi connectivity index (χ1) is 25.4. The van der Waals surface area contributed by atoms with Crippen LogP contribution in [0.25, 0.3) is 38.5 Å². The van der Waals surface area contributed by atoms with Gasteiger partial charge in [-0.2, -0.15) is 0 Å². The van der Waals surface area contributed by atoms with Gasteiger partial charge in [-0.05, 0) is 76.5 Å². The number of aromatic nitrogens is 1. The molecule has 11 nitrogen and oxygen atoms in total. The molecule has 0 aliphatic carbocycles. The summed E-state index contributed by atoms with van der Waals surface area (Å²) in [5, 5.41) is 7.89. The minimum atomic E-state index is -0.617. The van der Waals surface area contributed by atoms with Crippen molar-refractivity contribution in [3.8, 4) is 17.2 Å². The van der Waals surface area contributed by atoms with Crippen molar-refractivity contribution < 1.29 is 23.1 Å². The van der Waals surface area contributed by atoms with Gasteiger partial charge in [0.05, 0.1) is 11.1 Å². The minimum Gasteiger partial charge on any atom is -0.456 e. The van der Waals surface area contributed by atoms with Gasteiger partial charge in [-0.1, -0.05) is 32.0 Å². The Morgan fingerprint density at radius 1 is 0.868 bits per heavy atom. The zero-order valence-electron chi connectivity index (χ0n) is 29.2. The lowest BCUT2D eigenvalue weighted by Crippen LogP contribution is -2.39. The Balaban J connectivity index is 0.00000400. The molecule has 6 heterocycles. The SMILES string of the molecule is C.O=C(CCN1CCCCC1)N[C@@H]1CCN(c2c(F)cc3c(=O)c(C(=O)NCCN4CCCC4)cn4c3c2Oc2cc3c(cc2-4)oc2ccccc23)C1. The standard InChI is InChI=1S/C40H43FN6O5.CH4/c41-30-20-28-36-39(37(30)46-18-10-25(23-46)43-35(48)11-17-44-13-4-1-5-14-44)52-34-21-27-26-8-2-3-9-32(26)51-33(27)22-31(34)47(36)24-29(38(28)49)40(50)42-12-19-45-15-6-7-16-45;/h2-3,8-9,20-22,24-25H,1,4-7,10-19,23H2,(H,42,50)(H,43,48);1H4/t25-;/m1./s1. The minimum absolute atomic E-state index is 0. The van der Waals surface area contributed by atoms with Crippen LogP contribution in [-0.4, -0.2) is 91.1 Å². The highest BCUT2D eigenvalue weighted by molar-refractivity contribution is 6.07. The predicted molar refractivity (Wildman–Crippen MR) is 205 cm³/mol. The molecule has 4 aliphatic heterocycles. The van der Waals surface area contributed by atoms with Gasteiger partial charge < -0.3 is 39.1 Å². The summed E-state index contributed by atoms with van der Waals surface area (Å²) in [4.78, 5) is 47.1. The van der Waals surface area contributed by atoms with E-state index >= 15 is 4.39 Å². The van der Waals surface area contributed by atoms with Crippen LogP contribution in [0, 0.1) is 5.82 Å². The molecule has 2 N–H and O–H groups in total. The lowest BCUT2D eigenvalue weighted by atomic mass is 10.0. The van der Waals surface area contributed by atoms with Gasteiger partial charge in [0.1, 0.15) is 27.9 Å². The van der Waals surface area contributed by atoms with E-state index in [2.05, 4.69) is 20.4 Å². The van der Waals surface area contributed by atoms with E-state index in [4.69, 9.17) is 9.15 Å². The molecule has 0 unspecified atom stereocenters. The number of halogens is 1. The third-order valence-electron chi connectivity index (χ3n) is 11.2. The molecule has 3 aromatic carbocycles. The highest BCUT2D eigenvalue weighted by atomic mass is 19.1. The zero-order chi connectivity index (χ0) is 35.3.